The summed E-state index contributed by atoms with van der Waals surface area (Å²) >= 11 is 17.3. The van der Waals surface area contributed by atoms with E-state index in [1.165, 1.54) is 30.3 Å². The molecule has 0 amide bonds. The summed E-state index contributed by atoms with van der Waals surface area (Å²) in [5.74, 6) is -0.695. The van der Waals surface area contributed by atoms with Gasteiger partial charge < -0.3 is 5.43 Å². The molecule has 0 fully saturated rings. The maximum Gasteiger partial charge on any atom is 0.257 e. The van der Waals surface area contributed by atoms with Crippen LogP contribution in [-0.4, -0.2) is 8.42 Å². The van der Waals surface area contributed by atoms with Gasteiger partial charge >= 0.3 is 0 Å². The van der Waals surface area contributed by atoms with Gasteiger partial charge in [-0.25, -0.2) is 12.8 Å². The van der Waals surface area contributed by atoms with Crippen LogP contribution in [0.3, 0.4) is 0 Å². The zero-order valence-electron chi connectivity index (χ0n) is 10.2. The van der Waals surface area contributed by atoms with Gasteiger partial charge in [0, 0.05) is 0 Å². The van der Waals surface area contributed by atoms with Crippen molar-refractivity contribution in [2.45, 2.75) is 4.90 Å². The molecule has 0 bridgehead atoms. The molecule has 9 heteroatoms. The highest BCUT2D eigenvalue weighted by Crippen LogP contribution is 2.26. The maximum atomic E-state index is 13.5. The molecule has 2 rings (SSSR count). The van der Waals surface area contributed by atoms with Gasteiger partial charge in [0.1, 0.15) is 11.5 Å². The fourth-order valence-electron chi connectivity index (χ4n) is 1.44. The van der Waals surface area contributed by atoms with Crippen LogP contribution in [0.1, 0.15) is 0 Å². The summed E-state index contributed by atoms with van der Waals surface area (Å²) in [4.78, 5) is 1.89. The normalized spacial score (nSPS) is 11.4. The van der Waals surface area contributed by atoms with Gasteiger partial charge in [-0.2, -0.15) is 0 Å². The van der Waals surface area contributed by atoms with Crippen molar-refractivity contribution in [3.8, 4) is 0 Å². The van der Waals surface area contributed by atoms with E-state index in [2.05, 4.69) is 5.43 Å². The number of halogens is 4. The Balaban J connectivity index is 2.24. The van der Waals surface area contributed by atoms with Gasteiger partial charge in [0.2, 0.25) is 0 Å². The van der Waals surface area contributed by atoms with Gasteiger partial charge in [-0.1, -0.05) is 40.9 Å². The first-order chi connectivity index (χ1) is 9.81. The molecule has 0 atom stereocenters. The highest BCUT2D eigenvalue weighted by Gasteiger charge is 2.16. The molecule has 0 radical (unpaired) electrons. The lowest BCUT2D eigenvalue weighted by atomic mass is 10.3. The van der Waals surface area contributed by atoms with Crippen LogP contribution >= 0.6 is 34.8 Å². The predicted octanol–water partition coefficient (Wildman–Crippen LogP) is 4.09. The predicted molar refractivity (Wildman–Crippen MR) is 81.8 cm³/mol. The first-order valence-corrected chi connectivity index (χ1v) is 8.10. The van der Waals surface area contributed by atoms with Crippen LogP contribution in [0.25, 0.3) is 0 Å². The second-order valence-corrected chi connectivity index (χ2v) is 6.81. The molecule has 0 heterocycles. The first kappa shape index (κ1) is 16.3. The zero-order chi connectivity index (χ0) is 15.6. The summed E-state index contributed by atoms with van der Waals surface area (Å²) in [6, 6.07) is 7.74. The van der Waals surface area contributed by atoms with Gasteiger partial charge in [-0.3, -0.25) is 0 Å². The molecule has 0 spiro atoms. The monoisotopic (exact) mass is 368 g/mol. The van der Waals surface area contributed by atoms with Gasteiger partial charge in [-0.15, -0.1) is 4.83 Å². The topological polar surface area (TPSA) is 58.2 Å². The van der Waals surface area contributed by atoms with Crippen LogP contribution in [0, 0.1) is 5.82 Å². The maximum absolute atomic E-state index is 13.5. The lowest BCUT2D eigenvalue weighted by Gasteiger charge is -2.11. The summed E-state index contributed by atoms with van der Waals surface area (Å²) in [6.45, 7) is 0. The number of hydrogen-bond donors (Lipinski definition) is 2. The van der Waals surface area contributed by atoms with Crippen molar-refractivity contribution in [2.24, 2.45) is 0 Å². The Kier molecular flexibility index (Phi) is 4.95. The molecule has 112 valence electrons. The Morgan fingerprint density at radius 3 is 2.29 bits per heavy atom. The third-order valence-electron chi connectivity index (χ3n) is 2.47. The third-order valence-corrected chi connectivity index (χ3v) is 4.77. The van der Waals surface area contributed by atoms with E-state index in [9.17, 15) is 12.8 Å². The molecule has 0 saturated carbocycles. The fourth-order valence-corrected chi connectivity index (χ4v) is 2.89. The van der Waals surface area contributed by atoms with Crippen molar-refractivity contribution in [1.82, 2.24) is 4.83 Å². The van der Waals surface area contributed by atoms with E-state index in [0.29, 0.717) is 0 Å². The van der Waals surface area contributed by atoms with Crippen LogP contribution in [-0.2, 0) is 10.0 Å². The van der Waals surface area contributed by atoms with Crippen LogP contribution in [0.5, 0.6) is 0 Å². The molecule has 0 aromatic heterocycles. The summed E-state index contributed by atoms with van der Waals surface area (Å²) in [7, 11) is -3.96. The molecule has 21 heavy (non-hydrogen) atoms. The Bertz CT molecular complexity index is 764. The largest absolute Gasteiger partial charge is 0.304 e. The van der Waals surface area contributed by atoms with E-state index in [4.69, 9.17) is 34.8 Å². The Morgan fingerprint density at radius 2 is 1.67 bits per heavy atom. The zero-order valence-corrected chi connectivity index (χ0v) is 13.3. The van der Waals surface area contributed by atoms with Crippen LogP contribution in [0.2, 0.25) is 15.1 Å². The average Bonchev–Trinajstić information content (AvgIpc) is 2.41. The van der Waals surface area contributed by atoms with E-state index >= 15 is 0 Å². The second kappa shape index (κ2) is 6.37. The minimum absolute atomic E-state index is 0.0341. The molecule has 2 N–H and O–H groups in total. The van der Waals surface area contributed by atoms with Crippen LogP contribution in [0.15, 0.2) is 41.3 Å². The molecular formula is C12H8Cl3FN2O2S. The smallest absolute Gasteiger partial charge is 0.257 e. The van der Waals surface area contributed by atoms with Gasteiger partial charge in [-0.05, 0) is 30.3 Å². The minimum Gasteiger partial charge on any atom is -0.304 e. The molecule has 0 aliphatic carbocycles. The number of sulfonamides is 1. The molecule has 2 aromatic rings. The van der Waals surface area contributed by atoms with Gasteiger partial charge in [0.05, 0.1) is 20.0 Å². The fraction of sp³-hybridized carbons (Fsp3) is 0. The minimum atomic E-state index is -3.96. The molecular weight excluding hydrogens is 362 g/mol. The van der Waals surface area contributed by atoms with Crippen molar-refractivity contribution in [3.05, 3.63) is 57.3 Å². The van der Waals surface area contributed by atoms with E-state index in [1.807, 2.05) is 4.83 Å². The number of anilines is 1. The molecule has 2 aromatic carbocycles. The Morgan fingerprint density at radius 1 is 0.952 bits per heavy atom. The van der Waals surface area contributed by atoms with E-state index in [1.54, 1.807) is 0 Å². The molecule has 0 aliphatic heterocycles. The van der Waals surface area contributed by atoms with Crippen molar-refractivity contribution in [3.63, 3.8) is 0 Å². The van der Waals surface area contributed by atoms with Gasteiger partial charge in [0.15, 0.2) is 0 Å². The van der Waals surface area contributed by atoms with E-state index < -0.39 is 15.8 Å². The summed E-state index contributed by atoms with van der Waals surface area (Å²) in [5, 5.41) is 0.344. The Hall–Kier alpha value is -1.05. The molecule has 4 nitrogen and oxygen atoms in total. The second-order valence-electron chi connectivity index (χ2n) is 3.90. The highest BCUT2D eigenvalue weighted by molar-refractivity contribution is 7.89. The third kappa shape index (κ3) is 3.78. The summed E-state index contributed by atoms with van der Waals surface area (Å²) in [5.41, 5.74) is 2.06. The van der Waals surface area contributed by atoms with Crippen molar-refractivity contribution < 1.29 is 12.8 Å². The lowest BCUT2D eigenvalue weighted by Crippen LogP contribution is -2.30. The number of nitrogens with one attached hydrogen (secondary N) is 2. The van der Waals surface area contributed by atoms with E-state index in [-0.39, 0.29) is 25.7 Å². The first-order valence-electron chi connectivity index (χ1n) is 5.48. The highest BCUT2D eigenvalue weighted by atomic mass is 35.5. The van der Waals surface area contributed by atoms with E-state index in [0.717, 1.165) is 6.07 Å². The van der Waals surface area contributed by atoms with Crippen molar-refractivity contribution >= 4 is 50.5 Å². The summed E-state index contributed by atoms with van der Waals surface area (Å²) < 4.78 is 37.6. The molecule has 0 saturated heterocycles. The number of para-hydroxylation sites is 1. The quantitative estimate of drug-likeness (QED) is 0.798. The van der Waals surface area contributed by atoms with Crippen LogP contribution in [0.4, 0.5) is 10.1 Å². The van der Waals surface area contributed by atoms with Crippen LogP contribution < -0.4 is 10.3 Å². The number of hydrogen-bond acceptors (Lipinski definition) is 3. The number of hydrazine groups is 1. The SMILES string of the molecule is O=S(=O)(NNc1c(F)cccc1Cl)c1ccc(Cl)c(Cl)c1. The van der Waals surface area contributed by atoms with Crippen molar-refractivity contribution in [1.29, 1.82) is 0 Å². The van der Waals surface area contributed by atoms with Crippen molar-refractivity contribution in [2.75, 3.05) is 5.43 Å². The standard InChI is InChI=1S/C12H8Cl3FN2O2S/c13-8-5-4-7(6-10(8)15)21(19,20)18-17-12-9(14)2-1-3-11(12)16/h1-6,17-18H. The number of rotatable bonds is 4. The van der Waals surface area contributed by atoms with Gasteiger partial charge in [0.25, 0.3) is 10.0 Å². The lowest BCUT2D eigenvalue weighted by molar-refractivity contribution is 0.586. The average molecular weight is 370 g/mol. The molecule has 0 aliphatic rings. The number of benzene rings is 2. The molecule has 0 unspecified atom stereocenters. The Labute approximate surface area is 135 Å². The summed E-state index contributed by atoms with van der Waals surface area (Å²) in [6.07, 6.45) is 0.